The van der Waals surface area contributed by atoms with Crippen molar-refractivity contribution in [3.63, 3.8) is 0 Å². The molecule has 0 amide bonds. The monoisotopic (exact) mass is 345 g/mol. The standard InChI is InChI=1S/2C4H8O2.2ClH.Cu.2H2O/c2*1-2-6-4-3-5-1;;;;;/h2*1-4H2;2*1H;;2*1H2/q;;;;+2;;/p-2. The van der Waals surface area contributed by atoms with Crippen LogP contribution in [0.5, 0.6) is 0 Å². The van der Waals surface area contributed by atoms with E-state index >= 15 is 0 Å². The summed E-state index contributed by atoms with van der Waals surface area (Å²) >= 11 is 0.757. The fraction of sp³-hybridized carbons (Fsp3) is 1.00. The zero-order chi connectivity index (χ0) is 11.2. The van der Waals surface area contributed by atoms with Crippen LogP contribution < -0.4 is 0 Å². The van der Waals surface area contributed by atoms with Gasteiger partial charge in [-0.25, -0.2) is 0 Å². The summed E-state index contributed by atoms with van der Waals surface area (Å²) in [5.41, 5.74) is 0. The third kappa shape index (κ3) is 22.5. The zero-order valence-electron chi connectivity index (χ0n) is 9.35. The van der Waals surface area contributed by atoms with Gasteiger partial charge in [0.05, 0.1) is 52.9 Å². The minimum absolute atomic E-state index is 0. The van der Waals surface area contributed by atoms with Crippen LogP contribution in [0.1, 0.15) is 0 Å². The van der Waals surface area contributed by atoms with E-state index in [0.717, 1.165) is 66.0 Å². The molecule has 9 heteroatoms. The first-order valence-corrected chi connectivity index (χ1v) is 7.13. The quantitative estimate of drug-likeness (QED) is 0.567. The Hall–Kier alpha value is 0.859. The van der Waals surface area contributed by atoms with Crippen molar-refractivity contribution >= 4 is 20.2 Å². The van der Waals surface area contributed by atoms with Crippen LogP contribution in [0.3, 0.4) is 0 Å². The van der Waals surface area contributed by atoms with E-state index in [0.29, 0.717) is 0 Å². The predicted octanol–water partition coefficient (Wildman–Crippen LogP) is -0.206. The minimum atomic E-state index is 0. The third-order valence-corrected chi connectivity index (χ3v) is 1.49. The van der Waals surface area contributed by atoms with Crippen molar-refractivity contribution in [3.8, 4) is 0 Å². The summed E-state index contributed by atoms with van der Waals surface area (Å²) in [4.78, 5) is 0. The van der Waals surface area contributed by atoms with Crippen LogP contribution in [0, 0.1) is 0 Å². The fourth-order valence-corrected chi connectivity index (χ4v) is 0.880. The Morgan fingerprint density at radius 1 is 0.529 bits per heavy atom. The summed E-state index contributed by atoms with van der Waals surface area (Å²) in [7, 11) is 9.34. The Morgan fingerprint density at radius 2 is 0.647 bits per heavy atom. The molecule has 0 aromatic rings. The summed E-state index contributed by atoms with van der Waals surface area (Å²) < 4.78 is 19.8. The Morgan fingerprint density at radius 3 is 0.706 bits per heavy atom. The molecule has 0 radical (unpaired) electrons. The van der Waals surface area contributed by atoms with E-state index in [-0.39, 0.29) is 11.0 Å². The van der Waals surface area contributed by atoms with Crippen molar-refractivity contribution in [3.05, 3.63) is 0 Å². The van der Waals surface area contributed by atoms with Gasteiger partial charge in [-0.15, -0.1) is 0 Å². The number of hydrogen-bond donors (Lipinski definition) is 0. The first kappa shape index (κ1) is 23.0. The number of rotatable bonds is 0. The van der Waals surface area contributed by atoms with Crippen LogP contribution in [0.15, 0.2) is 0 Å². The number of ether oxygens (including phenoxy) is 4. The van der Waals surface area contributed by atoms with Gasteiger partial charge in [-0.3, -0.25) is 0 Å². The van der Waals surface area contributed by atoms with E-state index in [1.165, 1.54) is 0 Å². The second-order valence-electron chi connectivity index (χ2n) is 2.49. The number of hydrogen-bond acceptors (Lipinski definition) is 4. The molecule has 0 unspecified atom stereocenters. The van der Waals surface area contributed by atoms with Gasteiger partial charge in [0.2, 0.25) is 0 Å². The molecule has 2 rings (SSSR count). The van der Waals surface area contributed by atoms with E-state index in [1.807, 2.05) is 0 Å². The summed E-state index contributed by atoms with van der Waals surface area (Å²) in [6, 6.07) is 0. The SMILES string of the molecule is C1COCCO1.C1COCCO1.O.O.[Cl][Cu][Cl]. The molecule has 0 atom stereocenters. The molecule has 2 heterocycles. The van der Waals surface area contributed by atoms with E-state index in [4.69, 9.17) is 18.9 Å². The molecule has 17 heavy (non-hydrogen) atoms. The van der Waals surface area contributed by atoms with Crippen molar-refractivity contribution in [2.24, 2.45) is 0 Å². The molecule has 0 aromatic carbocycles. The van der Waals surface area contributed by atoms with Gasteiger partial charge in [-0.2, -0.15) is 0 Å². The normalized spacial score (nSPS) is 18.2. The van der Waals surface area contributed by atoms with Crippen molar-refractivity contribution in [2.45, 2.75) is 0 Å². The molecule has 6 nitrogen and oxygen atoms in total. The fourth-order valence-electron chi connectivity index (χ4n) is 0.880. The van der Waals surface area contributed by atoms with Crippen molar-refractivity contribution in [1.29, 1.82) is 0 Å². The van der Waals surface area contributed by atoms with E-state index in [1.54, 1.807) is 0 Å². The van der Waals surface area contributed by atoms with Crippen LogP contribution in [0.25, 0.3) is 0 Å². The molecule has 2 aliphatic heterocycles. The van der Waals surface area contributed by atoms with Gasteiger partial charge in [0, 0.05) is 0 Å². The summed E-state index contributed by atoms with van der Waals surface area (Å²) in [6.07, 6.45) is 0. The van der Waals surface area contributed by atoms with Crippen molar-refractivity contribution in [2.75, 3.05) is 52.9 Å². The molecule has 0 aliphatic carbocycles. The van der Waals surface area contributed by atoms with Crippen molar-refractivity contribution in [1.82, 2.24) is 0 Å². The Balaban J connectivity index is -0.000000173. The topological polar surface area (TPSA) is 99.9 Å². The van der Waals surface area contributed by atoms with Gasteiger partial charge in [-0.05, 0) is 0 Å². The Bertz CT molecular complexity index is 81.2. The zero-order valence-corrected chi connectivity index (χ0v) is 11.8. The van der Waals surface area contributed by atoms with Crippen LogP contribution in [0.2, 0.25) is 0 Å². The Kier molecular flexibility index (Phi) is 29.9. The molecule has 2 saturated heterocycles. The molecule has 113 valence electrons. The molecule has 0 aromatic heterocycles. The summed E-state index contributed by atoms with van der Waals surface area (Å²) in [5, 5.41) is 0. The maximum atomic E-state index is 4.94. The van der Waals surface area contributed by atoms with Crippen molar-refractivity contribution < 1.29 is 43.0 Å². The van der Waals surface area contributed by atoms with Crippen LogP contribution in [0.4, 0.5) is 0 Å². The predicted molar refractivity (Wildman–Crippen MR) is 62.2 cm³/mol. The average molecular weight is 347 g/mol. The third-order valence-electron chi connectivity index (χ3n) is 1.49. The summed E-state index contributed by atoms with van der Waals surface area (Å²) in [5.74, 6) is 0. The number of halogens is 2. The molecule has 0 bridgehead atoms. The maximum absolute atomic E-state index is 4.94. The van der Waals surface area contributed by atoms with Gasteiger partial charge in [-0.1, -0.05) is 0 Å². The molecule has 0 saturated carbocycles. The first-order chi connectivity index (χ1) is 7.41. The van der Waals surface area contributed by atoms with Crippen LogP contribution >= 0.6 is 20.2 Å². The van der Waals surface area contributed by atoms with Gasteiger partial charge in [0.25, 0.3) is 0 Å². The average Bonchev–Trinajstić information content (AvgIpc) is 2.35. The molecular weight excluding hydrogens is 327 g/mol. The van der Waals surface area contributed by atoms with Gasteiger partial charge in [0.15, 0.2) is 0 Å². The van der Waals surface area contributed by atoms with E-state index in [2.05, 4.69) is 20.2 Å². The molecule has 0 spiro atoms. The van der Waals surface area contributed by atoms with Gasteiger partial charge in [0.1, 0.15) is 0 Å². The van der Waals surface area contributed by atoms with Crippen LogP contribution in [-0.4, -0.2) is 63.8 Å². The van der Waals surface area contributed by atoms with Gasteiger partial charge >= 0.3 is 33.3 Å². The molecule has 2 aliphatic rings. The molecule has 2 fully saturated rings. The molecule has 4 N–H and O–H groups in total. The molecular formula is C8H20Cl2CuO6. The second kappa shape index (κ2) is 22.1. The first-order valence-electron chi connectivity index (χ1n) is 4.54. The Labute approximate surface area is 116 Å². The van der Waals surface area contributed by atoms with E-state index < -0.39 is 0 Å². The second-order valence-corrected chi connectivity index (χ2v) is 4.05. The van der Waals surface area contributed by atoms with Gasteiger partial charge < -0.3 is 29.9 Å². The van der Waals surface area contributed by atoms with Crippen LogP contribution in [-0.2, 0) is 32.1 Å². The summed E-state index contributed by atoms with van der Waals surface area (Å²) in [6.45, 7) is 6.22. The van der Waals surface area contributed by atoms with E-state index in [9.17, 15) is 0 Å².